The summed E-state index contributed by atoms with van der Waals surface area (Å²) < 4.78 is 57.5. The van der Waals surface area contributed by atoms with E-state index in [9.17, 15) is 16.8 Å². The van der Waals surface area contributed by atoms with Crippen molar-refractivity contribution in [2.45, 2.75) is 52.4 Å². The van der Waals surface area contributed by atoms with Crippen LogP contribution in [-0.2, 0) is 20.2 Å². The van der Waals surface area contributed by atoms with E-state index in [-0.39, 0.29) is 23.0 Å². The minimum atomic E-state index is -3.69. The summed E-state index contributed by atoms with van der Waals surface area (Å²) >= 11 is 0. The molecule has 0 unspecified atom stereocenters. The zero-order valence-corrected chi connectivity index (χ0v) is 15.9. The van der Waals surface area contributed by atoms with Gasteiger partial charge >= 0.3 is 20.2 Å². The Morgan fingerprint density at radius 2 is 1.17 bits per heavy atom. The first-order valence-corrected chi connectivity index (χ1v) is 11.4. The highest BCUT2D eigenvalue weighted by Crippen LogP contribution is 2.23. The molecule has 0 saturated heterocycles. The molecule has 1 aromatic carbocycles. The quantitative estimate of drug-likeness (QED) is 0.409. The van der Waals surface area contributed by atoms with Gasteiger partial charge in [0.15, 0.2) is 0 Å². The highest BCUT2D eigenvalue weighted by Gasteiger charge is 2.15. The van der Waals surface area contributed by atoms with Crippen LogP contribution in [0.25, 0.3) is 0 Å². The van der Waals surface area contributed by atoms with E-state index in [0.717, 1.165) is 25.7 Å². The third-order valence-electron chi connectivity index (χ3n) is 3.25. The smallest absolute Gasteiger partial charge is 0.309 e. The molecule has 0 bridgehead atoms. The van der Waals surface area contributed by atoms with Crippen LogP contribution >= 0.6 is 0 Å². The van der Waals surface area contributed by atoms with Crippen LogP contribution in [-0.4, -0.2) is 28.3 Å². The third-order valence-corrected chi connectivity index (χ3v) is 5.72. The number of hydrogen-bond acceptors (Lipinski definition) is 6. The average molecular weight is 379 g/mol. The molecule has 0 aromatic heterocycles. The van der Waals surface area contributed by atoms with E-state index in [1.54, 1.807) is 0 Å². The van der Waals surface area contributed by atoms with Gasteiger partial charge in [-0.15, -0.1) is 0 Å². The Labute approximate surface area is 145 Å². The van der Waals surface area contributed by atoms with Crippen molar-refractivity contribution in [3.63, 3.8) is 0 Å². The van der Waals surface area contributed by atoms with E-state index >= 15 is 0 Å². The number of hydrogen-bond donors (Lipinski definition) is 0. The monoisotopic (exact) mass is 378 g/mol. The molecule has 0 aliphatic rings. The Hall–Kier alpha value is -1.28. The van der Waals surface area contributed by atoms with Gasteiger partial charge in [0.2, 0.25) is 0 Å². The first-order chi connectivity index (χ1) is 11.3. The second kappa shape index (κ2) is 9.88. The van der Waals surface area contributed by atoms with Crippen LogP contribution in [0.15, 0.2) is 24.3 Å². The highest BCUT2D eigenvalue weighted by molar-refractivity contribution is 7.87. The molecule has 0 fully saturated rings. The van der Waals surface area contributed by atoms with E-state index < -0.39 is 20.2 Å². The molecule has 8 heteroatoms. The van der Waals surface area contributed by atoms with E-state index in [0.29, 0.717) is 12.8 Å². The van der Waals surface area contributed by atoms with E-state index in [4.69, 9.17) is 8.37 Å². The summed E-state index contributed by atoms with van der Waals surface area (Å²) in [6.45, 7) is 3.96. The van der Waals surface area contributed by atoms with E-state index in [1.807, 2.05) is 13.8 Å². The molecule has 0 atom stereocenters. The van der Waals surface area contributed by atoms with Gasteiger partial charge in [-0.25, -0.2) is 0 Å². The Bertz CT molecular complexity index is 638. The Morgan fingerprint density at radius 3 is 1.54 bits per heavy atom. The Morgan fingerprint density at radius 1 is 0.750 bits per heavy atom. The molecule has 0 radical (unpaired) electrons. The van der Waals surface area contributed by atoms with Crippen LogP contribution in [0.1, 0.15) is 52.4 Å². The first kappa shape index (κ1) is 20.8. The van der Waals surface area contributed by atoms with Crippen molar-refractivity contribution in [2.24, 2.45) is 0 Å². The van der Waals surface area contributed by atoms with E-state index in [1.165, 1.54) is 24.3 Å². The fourth-order valence-electron chi connectivity index (χ4n) is 2.01. The van der Waals surface area contributed by atoms with Gasteiger partial charge < -0.3 is 8.37 Å². The van der Waals surface area contributed by atoms with Crippen molar-refractivity contribution >= 4 is 20.2 Å². The highest BCUT2D eigenvalue weighted by atomic mass is 32.2. The van der Waals surface area contributed by atoms with Gasteiger partial charge in [-0.05, 0) is 25.0 Å². The van der Waals surface area contributed by atoms with Gasteiger partial charge in [0.1, 0.15) is 11.5 Å². The summed E-state index contributed by atoms with van der Waals surface area (Å²) in [4.78, 5) is 0. The normalized spacial score (nSPS) is 12.1. The van der Waals surface area contributed by atoms with Crippen molar-refractivity contribution in [3.8, 4) is 11.5 Å². The van der Waals surface area contributed by atoms with Gasteiger partial charge in [-0.2, -0.15) is 16.8 Å². The van der Waals surface area contributed by atoms with Crippen molar-refractivity contribution in [2.75, 3.05) is 11.5 Å². The lowest BCUT2D eigenvalue weighted by Gasteiger charge is -2.09. The molecule has 0 spiro atoms. The van der Waals surface area contributed by atoms with Crippen LogP contribution in [0.5, 0.6) is 11.5 Å². The molecular weight excluding hydrogens is 352 g/mol. The maximum absolute atomic E-state index is 11.9. The van der Waals surface area contributed by atoms with Crippen molar-refractivity contribution in [1.82, 2.24) is 0 Å². The SMILES string of the molecule is CCCCCS(=O)(=O)Oc1cccc(OS(=O)(=O)CCCCC)c1. The molecule has 0 aliphatic heterocycles. The number of unbranched alkanes of at least 4 members (excludes halogenated alkanes) is 4. The molecule has 24 heavy (non-hydrogen) atoms. The van der Waals surface area contributed by atoms with Gasteiger partial charge in [0.25, 0.3) is 0 Å². The molecule has 0 N–H and O–H groups in total. The lowest BCUT2D eigenvalue weighted by atomic mass is 10.3. The zero-order chi connectivity index (χ0) is 18.1. The molecule has 0 saturated carbocycles. The molecular formula is C16H26O6S2. The lowest BCUT2D eigenvalue weighted by Crippen LogP contribution is -2.15. The molecule has 0 aliphatic carbocycles. The molecule has 1 rings (SSSR count). The van der Waals surface area contributed by atoms with Gasteiger partial charge in [-0.1, -0.05) is 45.6 Å². The Balaban J connectivity index is 2.69. The fraction of sp³-hybridized carbons (Fsp3) is 0.625. The predicted octanol–water partition coefficient (Wildman–Crippen LogP) is 3.48. The molecule has 0 amide bonds. The van der Waals surface area contributed by atoms with Crippen LogP contribution in [0.3, 0.4) is 0 Å². The standard InChI is InChI=1S/C16H26O6S2/c1-3-5-7-12-23(17,18)21-15-10-9-11-16(14-15)22-24(19,20)13-8-6-4-2/h9-11,14H,3-8,12-13H2,1-2H3. The average Bonchev–Trinajstić information content (AvgIpc) is 2.46. The molecule has 6 nitrogen and oxygen atoms in total. The largest absolute Gasteiger partial charge is 0.382 e. The lowest BCUT2D eigenvalue weighted by molar-refractivity contribution is 0.473. The summed E-state index contributed by atoms with van der Waals surface area (Å²) in [5, 5.41) is 0. The maximum Gasteiger partial charge on any atom is 0.309 e. The summed E-state index contributed by atoms with van der Waals surface area (Å²) in [6.07, 6.45) is 4.49. The third kappa shape index (κ3) is 8.54. The molecule has 138 valence electrons. The minimum Gasteiger partial charge on any atom is -0.382 e. The van der Waals surface area contributed by atoms with Gasteiger partial charge in [-0.3, -0.25) is 0 Å². The first-order valence-electron chi connectivity index (χ1n) is 8.22. The van der Waals surface area contributed by atoms with Gasteiger partial charge in [0.05, 0.1) is 11.5 Å². The van der Waals surface area contributed by atoms with Crippen LogP contribution in [0, 0.1) is 0 Å². The molecule has 1 aromatic rings. The number of rotatable bonds is 12. The van der Waals surface area contributed by atoms with Gasteiger partial charge in [0, 0.05) is 6.07 Å². The van der Waals surface area contributed by atoms with Crippen molar-refractivity contribution < 1.29 is 25.2 Å². The zero-order valence-electron chi connectivity index (χ0n) is 14.2. The summed E-state index contributed by atoms with van der Waals surface area (Å²) in [5.41, 5.74) is 0. The maximum atomic E-state index is 11.9. The minimum absolute atomic E-state index is 0.0488. The summed E-state index contributed by atoms with van der Waals surface area (Å²) in [6, 6.07) is 5.67. The second-order valence-electron chi connectivity index (χ2n) is 5.58. The second-order valence-corrected chi connectivity index (χ2v) is 8.96. The van der Waals surface area contributed by atoms with Crippen LogP contribution in [0.4, 0.5) is 0 Å². The van der Waals surface area contributed by atoms with Crippen molar-refractivity contribution in [3.05, 3.63) is 24.3 Å². The van der Waals surface area contributed by atoms with Crippen LogP contribution < -0.4 is 8.37 Å². The van der Waals surface area contributed by atoms with Crippen molar-refractivity contribution in [1.29, 1.82) is 0 Å². The Kier molecular flexibility index (Phi) is 8.55. The number of benzene rings is 1. The summed E-state index contributed by atoms with van der Waals surface area (Å²) in [7, 11) is -7.38. The molecule has 0 heterocycles. The predicted molar refractivity (Wildman–Crippen MR) is 94.3 cm³/mol. The van der Waals surface area contributed by atoms with Crippen LogP contribution in [0.2, 0.25) is 0 Å². The topological polar surface area (TPSA) is 86.7 Å². The summed E-state index contributed by atoms with van der Waals surface area (Å²) in [5.74, 6) is -0.0387. The fourth-order valence-corrected chi connectivity index (χ4v) is 4.09. The van der Waals surface area contributed by atoms with E-state index in [2.05, 4.69) is 0 Å².